The lowest BCUT2D eigenvalue weighted by Crippen LogP contribution is -2.19. The predicted molar refractivity (Wildman–Crippen MR) is 131 cm³/mol. The molecule has 0 bridgehead atoms. The maximum Gasteiger partial charge on any atom is 0.343 e. The van der Waals surface area contributed by atoms with Crippen LogP contribution in [0, 0.1) is 6.92 Å². The van der Waals surface area contributed by atoms with Crippen LogP contribution < -0.4 is 14.8 Å². The number of ether oxygens (including phenoxy) is 2. The van der Waals surface area contributed by atoms with Gasteiger partial charge < -0.3 is 14.8 Å². The molecule has 1 amide bonds. The molecule has 1 saturated heterocycles. The molecule has 1 aliphatic rings. The van der Waals surface area contributed by atoms with Gasteiger partial charge in [-0.25, -0.2) is 9.79 Å². The first-order chi connectivity index (χ1) is 15.9. The van der Waals surface area contributed by atoms with Gasteiger partial charge in [-0.3, -0.25) is 4.79 Å². The van der Waals surface area contributed by atoms with Crippen LogP contribution in [0.4, 0.5) is 5.69 Å². The minimum Gasteiger partial charge on any atom is -0.497 e. The zero-order chi connectivity index (χ0) is 23.4. The lowest BCUT2D eigenvalue weighted by atomic mass is 10.2. The summed E-state index contributed by atoms with van der Waals surface area (Å²) in [5.41, 5.74) is 2.96. The number of esters is 1. The van der Waals surface area contributed by atoms with Crippen molar-refractivity contribution in [2.24, 2.45) is 4.99 Å². The van der Waals surface area contributed by atoms with Crippen molar-refractivity contribution in [1.82, 2.24) is 5.32 Å². The fourth-order valence-corrected chi connectivity index (χ4v) is 4.01. The first kappa shape index (κ1) is 22.6. The van der Waals surface area contributed by atoms with Crippen molar-refractivity contribution in [2.45, 2.75) is 6.92 Å². The highest BCUT2D eigenvalue weighted by atomic mass is 35.5. The number of benzene rings is 3. The Kier molecular flexibility index (Phi) is 6.82. The van der Waals surface area contributed by atoms with Crippen molar-refractivity contribution < 1.29 is 19.1 Å². The smallest absolute Gasteiger partial charge is 0.343 e. The molecule has 4 rings (SSSR count). The Balaban J connectivity index is 1.46. The molecule has 0 atom stereocenters. The quantitative estimate of drug-likeness (QED) is 0.286. The largest absolute Gasteiger partial charge is 0.497 e. The monoisotopic (exact) mass is 478 g/mol. The Morgan fingerprint density at radius 1 is 1.06 bits per heavy atom. The van der Waals surface area contributed by atoms with E-state index in [1.165, 1.54) is 11.8 Å². The summed E-state index contributed by atoms with van der Waals surface area (Å²) in [5.74, 6) is 0.0954. The lowest BCUT2D eigenvalue weighted by molar-refractivity contribution is -0.115. The summed E-state index contributed by atoms with van der Waals surface area (Å²) in [6, 6.07) is 19.2. The summed E-state index contributed by atoms with van der Waals surface area (Å²) in [4.78, 5) is 29.7. The summed E-state index contributed by atoms with van der Waals surface area (Å²) in [6.45, 7) is 2.00. The molecule has 6 nitrogen and oxygen atoms in total. The zero-order valence-electron chi connectivity index (χ0n) is 17.8. The van der Waals surface area contributed by atoms with Gasteiger partial charge in [0.15, 0.2) is 5.17 Å². The average molecular weight is 479 g/mol. The minimum atomic E-state index is -0.534. The van der Waals surface area contributed by atoms with E-state index in [9.17, 15) is 9.59 Å². The molecule has 0 radical (unpaired) electrons. The summed E-state index contributed by atoms with van der Waals surface area (Å²) >= 11 is 7.57. The molecule has 1 heterocycles. The van der Waals surface area contributed by atoms with Crippen LogP contribution in [0.1, 0.15) is 21.5 Å². The molecule has 0 aromatic heterocycles. The number of hydrogen-bond acceptors (Lipinski definition) is 6. The standard InChI is InChI=1S/C25H19ClN2O4S/c1-15-3-8-18(9-4-15)27-25-28-23(29)22(33-25)14-16-5-12-21(20(26)13-16)32-24(30)17-6-10-19(31-2)11-7-17/h3-14H,1-2H3,(H,27,28,29)/b22-14-. The normalized spacial score (nSPS) is 15.5. The van der Waals surface area contributed by atoms with Gasteiger partial charge in [0.2, 0.25) is 0 Å². The fraction of sp³-hybridized carbons (Fsp3) is 0.0800. The van der Waals surface area contributed by atoms with Gasteiger partial charge in [0.1, 0.15) is 11.5 Å². The Morgan fingerprint density at radius 2 is 1.79 bits per heavy atom. The summed E-state index contributed by atoms with van der Waals surface area (Å²) < 4.78 is 10.5. The zero-order valence-corrected chi connectivity index (χ0v) is 19.4. The van der Waals surface area contributed by atoms with Crippen LogP contribution in [-0.4, -0.2) is 24.2 Å². The molecular weight excluding hydrogens is 460 g/mol. The maximum absolute atomic E-state index is 12.4. The molecule has 0 spiro atoms. The molecular formula is C25H19ClN2O4S. The third kappa shape index (κ3) is 5.63. The van der Waals surface area contributed by atoms with E-state index < -0.39 is 5.97 Å². The first-order valence-electron chi connectivity index (χ1n) is 9.93. The van der Waals surface area contributed by atoms with E-state index in [2.05, 4.69) is 10.3 Å². The summed E-state index contributed by atoms with van der Waals surface area (Å²) in [5, 5.41) is 3.52. The predicted octanol–water partition coefficient (Wildman–Crippen LogP) is 5.77. The number of carbonyl (C=O) groups excluding carboxylic acids is 2. The fourth-order valence-electron chi connectivity index (χ4n) is 2.94. The molecule has 0 unspecified atom stereocenters. The molecule has 3 aromatic rings. The number of nitrogens with one attached hydrogen (secondary N) is 1. The van der Waals surface area contributed by atoms with E-state index in [4.69, 9.17) is 21.1 Å². The van der Waals surface area contributed by atoms with Crippen molar-refractivity contribution in [3.63, 3.8) is 0 Å². The molecule has 1 N–H and O–H groups in total. The Labute approximate surface area is 200 Å². The number of hydrogen-bond donors (Lipinski definition) is 1. The van der Waals surface area contributed by atoms with Crippen LogP contribution in [0.3, 0.4) is 0 Å². The number of aryl methyl sites for hydroxylation is 1. The van der Waals surface area contributed by atoms with E-state index in [1.54, 1.807) is 55.7 Å². The number of thioether (sulfide) groups is 1. The van der Waals surface area contributed by atoms with E-state index in [1.807, 2.05) is 31.2 Å². The molecule has 166 valence electrons. The van der Waals surface area contributed by atoms with Gasteiger partial charge >= 0.3 is 5.97 Å². The van der Waals surface area contributed by atoms with Gasteiger partial charge in [0.25, 0.3) is 5.91 Å². The van der Waals surface area contributed by atoms with Crippen LogP contribution in [-0.2, 0) is 4.79 Å². The van der Waals surface area contributed by atoms with Crippen LogP contribution in [0.2, 0.25) is 5.02 Å². The van der Waals surface area contributed by atoms with Gasteiger partial charge in [-0.2, -0.15) is 0 Å². The van der Waals surface area contributed by atoms with Gasteiger partial charge in [-0.05, 0) is 78.9 Å². The summed E-state index contributed by atoms with van der Waals surface area (Å²) in [7, 11) is 1.55. The Bertz CT molecular complexity index is 1270. The maximum atomic E-state index is 12.4. The minimum absolute atomic E-state index is 0.227. The third-order valence-corrected chi connectivity index (χ3v) is 5.90. The number of halogens is 1. The van der Waals surface area contributed by atoms with Crippen molar-refractivity contribution in [1.29, 1.82) is 0 Å². The first-order valence-corrected chi connectivity index (χ1v) is 11.1. The average Bonchev–Trinajstić information content (AvgIpc) is 3.15. The van der Waals surface area contributed by atoms with Crippen LogP contribution >= 0.6 is 23.4 Å². The van der Waals surface area contributed by atoms with Gasteiger partial charge in [-0.1, -0.05) is 35.4 Å². The van der Waals surface area contributed by atoms with Crippen LogP contribution in [0.15, 0.2) is 76.6 Å². The molecule has 0 saturated carbocycles. The van der Waals surface area contributed by atoms with Crippen LogP contribution in [0.25, 0.3) is 6.08 Å². The molecule has 3 aromatic carbocycles. The summed E-state index contributed by atoms with van der Waals surface area (Å²) in [6.07, 6.45) is 1.71. The second kappa shape index (κ2) is 9.94. The highest BCUT2D eigenvalue weighted by Gasteiger charge is 2.24. The number of aliphatic imine (C=N–C) groups is 1. The van der Waals surface area contributed by atoms with Crippen molar-refractivity contribution >= 4 is 52.2 Å². The lowest BCUT2D eigenvalue weighted by Gasteiger charge is -2.08. The topological polar surface area (TPSA) is 77.0 Å². The number of nitrogens with zero attached hydrogens (tertiary/aromatic N) is 1. The van der Waals surface area contributed by atoms with E-state index in [0.717, 1.165) is 11.3 Å². The number of rotatable bonds is 5. The highest BCUT2D eigenvalue weighted by molar-refractivity contribution is 8.18. The second-order valence-electron chi connectivity index (χ2n) is 7.13. The van der Waals surface area contributed by atoms with Crippen LogP contribution in [0.5, 0.6) is 11.5 Å². The van der Waals surface area contributed by atoms with Crippen molar-refractivity contribution in [3.8, 4) is 11.5 Å². The van der Waals surface area contributed by atoms with Crippen molar-refractivity contribution in [3.05, 3.63) is 93.3 Å². The number of amidine groups is 1. The van der Waals surface area contributed by atoms with Gasteiger partial charge in [0.05, 0.1) is 28.3 Å². The second-order valence-corrected chi connectivity index (χ2v) is 8.56. The molecule has 1 fully saturated rings. The Hall–Kier alpha value is -3.55. The van der Waals surface area contributed by atoms with E-state index >= 15 is 0 Å². The molecule has 33 heavy (non-hydrogen) atoms. The van der Waals surface area contributed by atoms with Gasteiger partial charge in [-0.15, -0.1) is 0 Å². The van der Waals surface area contributed by atoms with Crippen molar-refractivity contribution in [2.75, 3.05) is 7.11 Å². The number of methoxy groups -OCH3 is 1. The third-order valence-electron chi connectivity index (χ3n) is 4.70. The number of amides is 1. The number of carbonyl (C=O) groups is 2. The van der Waals surface area contributed by atoms with Gasteiger partial charge in [0, 0.05) is 0 Å². The molecule has 0 aliphatic carbocycles. The van der Waals surface area contributed by atoms with E-state index in [-0.39, 0.29) is 16.7 Å². The molecule has 8 heteroatoms. The SMILES string of the molecule is COc1ccc(C(=O)Oc2ccc(/C=C3\SC(=Nc4ccc(C)cc4)NC3=O)cc2Cl)cc1. The van der Waals surface area contributed by atoms with E-state index in [0.29, 0.717) is 26.9 Å². The Morgan fingerprint density at radius 3 is 2.45 bits per heavy atom. The highest BCUT2D eigenvalue weighted by Crippen LogP contribution is 2.31. The molecule has 1 aliphatic heterocycles.